The largest absolute Gasteiger partial charge is 0.378 e. The first-order valence-electron chi connectivity index (χ1n) is 9.14. The van der Waals surface area contributed by atoms with E-state index < -0.39 is 6.04 Å². The lowest BCUT2D eigenvalue weighted by atomic mass is 10.1. The molecule has 0 bridgehead atoms. The number of anilines is 1. The highest BCUT2D eigenvalue weighted by molar-refractivity contribution is 5.83. The Hall–Kier alpha value is -3.33. The Kier molecular flexibility index (Phi) is 5.53. The van der Waals surface area contributed by atoms with Gasteiger partial charge in [0, 0.05) is 31.4 Å². The quantitative estimate of drug-likeness (QED) is 0.677. The normalized spacial score (nSPS) is 15.2. The van der Waals surface area contributed by atoms with Crippen molar-refractivity contribution >= 4 is 11.7 Å². The van der Waals surface area contributed by atoms with E-state index in [-0.39, 0.29) is 5.91 Å². The van der Waals surface area contributed by atoms with Gasteiger partial charge in [-0.3, -0.25) is 4.79 Å². The van der Waals surface area contributed by atoms with Crippen LogP contribution >= 0.6 is 0 Å². The van der Waals surface area contributed by atoms with E-state index in [2.05, 4.69) is 30.7 Å². The van der Waals surface area contributed by atoms with Crippen LogP contribution < -0.4 is 10.2 Å². The molecule has 1 aliphatic heterocycles. The standard InChI is InChI=1S/C19H21N7O2/c27-19(17(26-14-22-23-24-26)15-5-2-1-3-6-15)21-13-16-7-4-8-20-18(16)25-9-11-28-12-10-25/h1-8,14,17H,9-13H2,(H,21,27)/t17-/m0/s1. The van der Waals surface area contributed by atoms with Crippen LogP contribution in [0, 0.1) is 0 Å². The average Bonchev–Trinajstić information content (AvgIpc) is 3.28. The van der Waals surface area contributed by atoms with E-state index in [1.807, 2.05) is 42.5 Å². The molecule has 1 fully saturated rings. The van der Waals surface area contributed by atoms with Crippen molar-refractivity contribution in [2.45, 2.75) is 12.6 Å². The smallest absolute Gasteiger partial charge is 0.249 e. The molecule has 1 N–H and O–H groups in total. The Morgan fingerprint density at radius 1 is 1.14 bits per heavy atom. The molecule has 0 saturated carbocycles. The van der Waals surface area contributed by atoms with Gasteiger partial charge in [0.05, 0.1) is 13.2 Å². The molecule has 4 rings (SSSR count). The molecule has 1 amide bonds. The third-order valence-corrected chi connectivity index (χ3v) is 4.62. The predicted molar refractivity (Wildman–Crippen MR) is 102 cm³/mol. The molecule has 144 valence electrons. The van der Waals surface area contributed by atoms with Crippen LogP contribution in [0.5, 0.6) is 0 Å². The van der Waals surface area contributed by atoms with Crippen LogP contribution in [0.15, 0.2) is 55.0 Å². The molecule has 2 aromatic heterocycles. The molecule has 0 aliphatic carbocycles. The molecular weight excluding hydrogens is 358 g/mol. The number of hydrogen-bond acceptors (Lipinski definition) is 7. The molecule has 1 aliphatic rings. The van der Waals surface area contributed by atoms with E-state index in [9.17, 15) is 4.79 Å². The van der Waals surface area contributed by atoms with Crippen molar-refractivity contribution in [3.63, 3.8) is 0 Å². The first kappa shape index (κ1) is 18.1. The number of aromatic nitrogens is 5. The van der Waals surface area contributed by atoms with Crippen LogP contribution in [0.2, 0.25) is 0 Å². The summed E-state index contributed by atoms with van der Waals surface area (Å²) in [5, 5.41) is 14.3. The second-order valence-electron chi connectivity index (χ2n) is 6.41. The van der Waals surface area contributed by atoms with Crippen LogP contribution in [0.1, 0.15) is 17.2 Å². The Morgan fingerprint density at radius 3 is 2.71 bits per heavy atom. The van der Waals surface area contributed by atoms with Crippen LogP contribution in [0.4, 0.5) is 5.82 Å². The first-order chi connectivity index (χ1) is 13.8. The predicted octanol–water partition coefficient (Wildman–Crippen LogP) is 0.810. The Morgan fingerprint density at radius 2 is 1.96 bits per heavy atom. The topological polar surface area (TPSA) is 98.1 Å². The summed E-state index contributed by atoms with van der Waals surface area (Å²) in [6, 6.07) is 12.7. The van der Waals surface area contributed by atoms with Gasteiger partial charge in [0.1, 0.15) is 12.1 Å². The number of nitrogens with zero attached hydrogens (tertiary/aromatic N) is 6. The summed E-state index contributed by atoms with van der Waals surface area (Å²) in [6.07, 6.45) is 3.21. The van der Waals surface area contributed by atoms with Crippen molar-refractivity contribution in [3.05, 3.63) is 66.1 Å². The highest BCUT2D eigenvalue weighted by Crippen LogP contribution is 2.20. The number of tetrazole rings is 1. The van der Waals surface area contributed by atoms with Crippen LogP contribution in [0.3, 0.4) is 0 Å². The van der Waals surface area contributed by atoms with Gasteiger partial charge in [-0.05, 0) is 22.1 Å². The molecule has 9 nitrogen and oxygen atoms in total. The van der Waals surface area contributed by atoms with E-state index in [0.717, 1.165) is 30.0 Å². The van der Waals surface area contributed by atoms with Gasteiger partial charge in [0.15, 0.2) is 6.04 Å². The summed E-state index contributed by atoms with van der Waals surface area (Å²) >= 11 is 0. The number of morpholine rings is 1. The number of benzene rings is 1. The van der Waals surface area contributed by atoms with Crippen molar-refractivity contribution in [1.82, 2.24) is 30.5 Å². The zero-order chi connectivity index (χ0) is 19.2. The highest BCUT2D eigenvalue weighted by atomic mass is 16.5. The summed E-state index contributed by atoms with van der Waals surface area (Å²) < 4.78 is 6.88. The lowest BCUT2D eigenvalue weighted by molar-refractivity contribution is -0.123. The number of ether oxygens (including phenoxy) is 1. The third kappa shape index (κ3) is 3.99. The van der Waals surface area contributed by atoms with Crippen molar-refractivity contribution in [2.24, 2.45) is 0 Å². The number of carbonyl (C=O) groups is 1. The summed E-state index contributed by atoms with van der Waals surface area (Å²) in [5.41, 5.74) is 1.77. The van der Waals surface area contributed by atoms with Gasteiger partial charge in [-0.25, -0.2) is 9.67 Å². The van der Waals surface area contributed by atoms with Crippen molar-refractivity contribution in [1.29, 1.82) is 0 Å². The van der Waals surface area contributed by atoms with Crippen LogP contribution in [-0.2, 0) is 16.1 Å². The second kappa shape index (κ2) is 8.57. The van der Waals surface area contributed by atoms with Gasteiger partial charge >= 0.3 is 0 Å². The summed E-state index contributed by atoms with van der Waals surface area (Å²) in [6.45, 7) is 3.30. The highest BCUT2D eigenvalue weighted by Gasteiger charge is 2.24. The minimum atomic E-state index is -0.639. The van der Waals surface area contributed by atoms with Gasteiger partial charge in [-0.2, -0.15) is 0 Å². The molecule has 3 aromatic rings. The van der Waals surface area contributed by atoms with Crippen molar-refractivity contribution < 1.29 is 9.53 Å². The fourth-order valence-electron chi connectivity index (χ4n) is 3.25. The molecule has 1 aromatic carbocycles. The summed E-state index contributed by atoms with van der Waals surface area (Å²) in [4.78, 5) is 19.7. The molecule has 0 spiro atoms. The number of pyridine rings is 1. The van der Waals surface area contributed by atoms with Gasteiger partial charge in [0.25, 0.3) is 0 Å². The van der Waals surface area contributed by atoms with E-state index >= 15 is 0 Å². The van der Waals surface area contributed by atoms with Crippen LogP contribution in [0.25, 0.3) is 0 Å². The summed E-state index contributed by atoms with van der Waals surface area (Å²) in [7, 11) is 0. The third-order valence-electron chi connectivity index (χ3n) is 4.62. The Balaban J connectivity index is 1.52. The number of amides is 1. The van der Waals surface area contributed by atoms with Gasteiger partial charge in [-0.15, -0.1) is 5.10 Å². The zero-order valence-electron chi connectivity index (χ0n) is 15.3. The maximum absolute atomic E-state index is 13.0. The first-order valence-corrected chi connectivity index (χ1v) is 9.14. The van der Waals surface area contributed by atoms with Crippen molar-refractivity contribution in [3.8, 4) is 0 Å². The molecule has 28 heavy (non-hydrogen) atoms. The van der Waals surface area contributed by atoms with Crippen LogP contribution in [-0.4, -0.2) is 57.4 Å². The minimum Gasteiger partial charge on any atom is -0.378 e. The fraction of sp³-hybridized carbons (Fsp3) is 0.316. The number of carbonyl (C=O) groups excluding carboxylic acids is 1. The van der Waals surface area contributed by atoms with Gasteiger partial charge in [0.2, 0.25) is 5.91 Å². The molecule has 0 radical (unpaired) electrons. The van der Waals surface area contributed by atoms with E-state index in [1.54, 1.807) is 6.20 Å². The zero-order valence-corrected chi connectivity index (χ0v) is 15.3. The maximum atomic E-state index is 13.0. The van der Waals surface area contributed by atoms with E-state index in [1.165, 1.54) is 11.0 Å². The van der Waals surface area contributed by atoms with Crippen molar-refractivity contribution in [2.75, 3.05) is 31.2 Å². The van der Waals surface area contributed by atoms with Gasteiger partial charge < -0.3 is 15.0 Å². The molecular formula is C19H21N7O2. The SMILES string of the molecule is O=C(NCc1cccnc1N1CCOCC1)[C@H](c1ccccc1)n1cnnn1. The molecule has 3 heterocycles. The maximum Gasteiger partial charge on any atom is 0.249 e. The monoisotopic (exact) mass is 379 g/mol. The fourth-order valence-corrected chi connectivity index (χ4v) is 3.25. The lowest BCUT2D eigenvalue weighted by Crippen LogP contribution is -2.38. The summed E-state index contributed by atoms with van der Waals surface area (Å²) in [5.74, 6) is 0.695. The molecule has 1 saturated heterocycles. The van der Waals surface area contributed by atoms with E-state index in [4.69, 9.17) is 4.74 Å². The average molecular weight is 379 g/mol. The molecule has 1 atom stereocenters. The number of nitrogens with one attached hydrogen (secondary N) is 1. The Labute approximate surface area is 162 Å². The second-order valence-corrected chi connectivity index (χ2v) is 6.41. The molecule has 9 heteroatoms. The molecule has 0 unspecified atom stereocenters. The lowest BCUT2D eigenvalue weighted by Gasteiger charge is -2.29. The van der Waals surface area contributed by atoms with E-state index in [0.29, 0.717) is 19.8 Å². The minimum absolute atomic E-state index is 0.185. The Bertz CT molecular complexity index is 896. The van der Waals surface area contributed by atoms with Gasteiger partial charge in [-0.1, -0.05) is 36.4 Å². The number of hydrogen-bond donors (Lipinski definition) is 1. The number of rotatable bonds is 6.